The van der Waals surface area contributed by atoms with Crippen LogP contribution in [-0.4, -0.2) is 34.6 Å². The van der Waals surface area contributed by atoms with E-state index in [1.54, 1.807) is 32.2 Å². The first-order valence-electron chi connectivity index (χ1n) is 6.34. The highest BCUT2D eigenvalue weighted by molar-refractivity contribution is 9.11. The molecule has 7 heteroatoms. The number of hydrogen-bond acceptors (Lipinski definition) is 3. The molecule has 20 heavy (non-hydrogen) atoms. The fourth-order valence-corrected chi connectivity index (χ4v) is 3.06. The summed E-state index contributed by atoms with van der Waals surface area (Å²) >= 11 is 4.92. The minimum atomic E-state index is -1.19. The molecule has 2 amide bonds. The van der Waals surface area contributed by atoms with Gasteiger partial charge in [0.2, 0.25) is 0 Å². The molecule has 0 aromatic carbocycles. The quantitative estimate of drug-likeness (QED) is 0.815. The van der Waals surface area contributed by atoms with Crippen LogP contribution >= 0.6 is 27.3 Å². The Bertz CT molecular complexity index is 486. The standard InChI is InChI=1S/C13H19BrN2O3S/c1-4-13(5-2,11(17)18)15-12(19)16(3)7-9-6-10(14)20-8-9/h6,8H,4-5,7H2,1-3H3,(H,15,19)(H,17,18). The second-order valence-corrected chi connectivity index (χ2v) is 6.93. The summed E-state index contributed by atoms with van der Waals surface area (Å²) in [5.41, 5.74) is -0.186. The average Bonchev–Trinajstić information content (AvgIpc) is 2.80. The monoisotopic (exact) mass is 362 g/mol. The molecular weight excluding hydrogens is 344 g/mol. The van der Waals surface area contributed by atoms with Crippen LogP contribution < -0.4 is 5.32 Å². The van der Waals surface area contributed by atoms with E-state index in [1.807, 2.05) is 11.4 Å². The SMILES string of the molecule is CCC(CC)(NC(=O)N(C)Cc1csc(Br)c1)C(=O)O. The number of aliphatic carboxylic acids is 1. The number of nitrogens with one attached hydrogen (secondary N) is 1. The number of urea groups is 1. The highest BCUT2D eigenvalue weighted by Gasteiger charge is 2.37. The number of carbonyl (C=O) groups excluding carboxylic acids is 1. The van der Waals surface area contributed by atoms with Crippen LogP contribution in [0, 0.1) is 0 Å². The molecule has 0 atom stereocenters. The van der Waals surface area contributed by atoms with E-state index in [0.717, 1.165) is 9.35 Å². The lowest BCUT2D eigenvalue weighted by Crippen LogP contribution is -2.56. The van der Waals surface area contributed by atoms with Gasteiger partial charge in [-0.05, 0) is 45.8 Å². The normalized spacial score (nSPS) is 11.2. The van der Waals surface area contributed by atoms with Crippen molar-refractivity contribution in [1.29, 1.82) is 0 Å². The third-order valence-corrected chi connectivity index (χ3v) is 4.90. The maximum absolute atomic E-state index is 12.1. The van der Waals surface area contributed by atoms with E-state index in [1.165, 1.54) is 4.90 Å². The molecule has 0 aliphatic rings. The van der Waals surface area contributed by atoms with Gasteiger partial charge in [-0.2, -0.15) is 0 Å². The molecule has 0 radical (unpaired) electrons. The highest BCUT2D eigenvalue weighted by Crippen LogP contribution is 2.22. The second kappa shape index (κ2) is 7.08. The van der Waals surface area contributed by atoms with Crippen LogP contribution in [0.1, 0.15) is 32.3 Å². The van der Waals surface area contributed by atoms with Gasteiger partial charge in [0.05, 0.1) is 3.79 Å². The van der Waals surface area contributed by atoms with Crippen LogP contribution in [-0.2, 0) is 11.3 Å². The van der Waals surface area contributed by atoms with Crippen molar-refractivity contribution in [2.24, 2.45) is 0 Å². The van der Waals surface area contributed by atoms with E-state index < -0.39 is 11.5 Å². The molecule has 1 rings (SSSR count). The lowest BCUT2D eigenvalue weighted by molar-refractivity contribution is -0.144. The minimum Gasteiger partial charge on any atom is -0.480 e. The Balaban J connectivity index is 2.71. The lowest BCUT2D eigenvalue weighted by atomic mass is 9.93. The van der Waals surface area contributed by atoms with E-state index in [4.69, 9.17) is 0 Å². The van der Waals surface area contributed by atoms with Gasteiger partial charge in [0.25, 0.3) is 0 Å². The second-order valence-electron chi connectivity index (χ2n) is 4.64. The van der Waals surface area contributed by atoms with Crippen LogP contribution in [0.3, 0.4) is 0 Å². The number of halogens is 1. The number of nitrogens with zero attached hydrogens (tertiary/aromatic N) is 1. The van der Waals surface area contributed by atoms with Gasteiger partial charge in [-0.3, -0.25) is 0 Å². The summed E-state index contributed by atoms with van der Waals surface area (Å²) in [6, 6.07) is 1.57. The molecular formula is C13H19BrN2O3S. The van der Waals surface area contributed by atoms with E-state index in [9.17, 15) is 14.7 Å². The maximum Gasteiger partial charge on any atom is 0.329 e. The van der Waals surface area contributed by atoms with Crippen molar-refractivity contribution >= 4 is 39.3 Å². The van der Waals surface area contributed by atoms with Gasteiger partial charge in [0.1, 0.15) is 5.54 Å². The number of rotatable bonds is 6. The lowest BCUT2D eigenvalue weighted by Gasteiger charge is -2.30. The summed E-state index contributed by atoms with van der Waals surface area (Å²) in [5, 5.41) is 13.9. The smallest absolute Gasteiger partial charge is 0.329 e. The topological polar surface area (TPSA) is 69.6 Å². The van der Waals surface area contributed by atoms with E-state index in [-0.39, 0.29) is 6.03 Å². The highest BCUT2D eigenvalue weighted by atomic mass is 79.9. The molecule has 0 saturated heterocycles. The van der Waals surface area contributed by atoms with E-state index in [0.29, 0.717) is 19.4 Å². The van der Waals surface area contributed by atoms with Crippen molar-refractivity contribution < 1.29 is 14.7 Å². The van der Waals surface area contributed by atoms with Gasteiger partial charge in [-0.25, -0.2) is 9.59 Å². The van der Waals surface area contributed by atoms with Gasteiger partial charge >= 0.3 is 12.0 Å². The molecule has 1 aromatic rings. The Kier molecular flexibility index (Phi) is 6.01. The van der Waals surface area contributed by atoms with Gasteiger partial charge in [-0.15, -0.1) is 11.3 Å². The molecule has 0 unspecified atom stereocenters. The fourth-order valence-electron chi connectivity index (χ4n) is 1.86. The van der Waals surface area contributed by atoms with Crippen molar-refractivity contribution in [1.82, 2.24) is 10.2 Å². The van der Waals surface area contributed by atoms with Crippen molar-refractivity contribution in [3.8, 4) is 0 Å². The summed E-state index contributed by atoms with van der Waals surface area (Å²) < 4.78 is 1.00. The number of carboxylic acid groups (broad SMARTS) is 1. The molecule has 0 fully saturated rings. The Morgan fingerprint density at radius 2 is 2.05 bits per heavy atom. The summed E-state index contributed by atoms with van der Waals surface area (Å²) in [6.45, 7) is 3.96. The maximum atomic E-state index is 12.1. The van der Waals surface area contributed by atoms with Gasteiger partial charge in [-0.1, -0.05) is 13.8 Å². The predicted octanol–water partition coefficient (Wildman–Crippen LogP) is 3.30. The fraction of sp³-hybridized carbons (Fsp3) is 0.538. The zero-order valence-electron chi connectivity index (χ0n) is 11.8. The zero-order valence-corrected chi connectivity index (χ0v) is 14.2. The van der Waals surface area contributed by atoms with Crippen LogP contribution in [0.5, 0.6) is 0 Å². The Morgan fingerprint density at radius 3 is 2.45 bits per heavy atom. The molecule has 5 nitrogen and oxygen atoms in total. The number of carboxylic acids is 1. The van der Waals surface area contributed by atoms with Gasteiger partial charge in [0.15, 0.2) is 0 Å². The van der Waals surface area contributed by atoms with Crippen molar-refractivity contribution in [3.05, 3.63) is 20.8 Å². The van der Waals surface area contributed by atoms with Crippen molar-refractivity contribution in [2.45, 2.75) is 38.8 Å². The van der Waals surface area contributed by atoms with E-state index in [2.05, 4.69) is 21.2 Å². The van der Waals surface area contributed by atoms with Crippen LogP contribution in [0.2, 0.25) is 0 Å². The van der Waals surface area contributed by atoms with Crippen molar-refractivity contribution in [3.63, 3.8) is 0 Å². The number of hydrogen-bond donors (Lipinski definition) is 2. The van der Waals surface area contributed by atoms with Crippen LogP contribution in [0.25, 0.3) is 0 Å². The first kappa shape index (κ1) is 17.0. The Morgan fingerprint density at radius 1 is 1.45 bits per heavy atom. The summed E-state index contributed by atoms with van der Waals surface area (Å²) in [4.78, 5) is 25.0. The van der Waals surface area contributed by atoms with Crippen LogP contribution in [0.15, 0.2) is 15.2 Å². The Labute approximate surface area is 131 Å². The molecule has 0 aliphatic carbocycles. The molecule has 0 bridgehead atoms. The Hall–Kier alpha value is -1.08. The third-order valence-electron chi connectivity index (χ3n) is 3.35. The predicted molar refractivity (Wildman–Crippen MR) is 83.0 cm³/mol. The minimum absolute atomic E-state index is 0.350. The summed E-state index contributed by atoms with van der Waals surface area (Å²) in [6.07, 6.45) is 0.699. The summed E-state index contributed by atoms with van der Waals surface area (Å²) in [5.74, 6) is -0.998. The number of carbonyl (C=O) groups is 2. The van der Waals surface area contributed by atoms with Crippen LogP contribution in [0.4, 0.5) is 4.79 Å². The zero-order chi connectivity index (χ0) is 15.3. The molecule has 2 N–H and O–H groups in total. The molecule has 0 saturated carbocycles. The summed E-state index contributed by atoms with van der Waals surface area (Å²) in [7, 11) is 1.65. The molecule has 112 valence electrons. The van der Waals surface area contributed by atoms with E-state index >= 15 is 0 Å². The first-order valence-corrected chi connectivity index (χ1v) is 8.01. The van der Waals surface area contributed by atoms with Gasteiger partial charge < -0.3 is 15.3 Å². The number of amides is 2. The molecule has 1 heterocycles. The van der Waals surface area contributed by atoms with Crippen molar-refractivity contribution in [2.75, 3.05) is 7.05 Å². The third kappa shape index (κ3) is 3.96. The first-order chi connectivity index (χ1) is 9.34. The molecule has 0 aliphatic heterocycles. The molecule has 0 spiro atoms. The number of thiophene rings is 1. The molecule has 1 aromatic heterocycles. The average molecular weight is 363 g/mol. The van der Waals surface area contributed by atoms with Gasteiger partial charge in [0, 0.05) is 13.6 Å². The largest absolute Gasteiger partial charge is 0.480 e.